The molecule has 0 unspecified atom stereocenters. The zero-order valence-corrected chi connectivity index (χ0v) is 10.2. The predicted molar refractivity (Wildman–Crippen MR) is 65.2 cm³/mol. The molecule has 1 rings (SSSR count). The van der Waals surface area contributed by atoms with Crippen molar-refractivity contribution in [1.29, 1.82) is 0 Å². The van der Waals surface area contributed by atoms with Crippen molar-refractivity contribution in [2.75, 3.05) is 0 Å². The maximum atomic E-state index is 11.7. The summed E-state index contributed by atoms with van der Waals surface area (Å²) in [5, 5.41) is 9.97. The van der Waals surface area contributed by atoms with Gasteiger partial charge in [0.05, 0.1) is 6.10 Å². The van der Waals surface area contributed by atoms with Crippen LogP contribution in [-0.4, -0.2) is 17.0 Å². The minimum absolute atomic E-state index is 0.0135. The van der Waals surface area contributed by atoms with E-state index in [0.29, 0.717) is 6.42 Å². The quantitative estimate of drug-likeness (QED) is 0.827. The Kier molecular flexibility index (Phi) is 4.69. The van der Waals surface area contributed by atoms with E-state index in [4.69, 9.17) is 0 Å². The number of rotatable bonds is 5. The molecule has 0 aromatic heterocycles. The van der Waals surface area contributed by atoms with Crippen molar-refractivity contribution in [3.8, 4) is 0 Å². The fourth-order valence-corrected chi connectivity index (χ4v) is 1.75. The highest BCUT2D eigenvalue weighted by Gasteiger charge is 2.23. The van der Waals surface area contributed by atoms with Crippen LogP contribution in [0.4, 0.5) is 0 Å². The van der Waals surface area contributed by atoms with E-state index in [2.05, 4.69) is 0 Å². The average Bonchev–Trinajstić information content (AvgIpc) is 2.28. The lowest BCUT2D eigenvalue weighted by Gasteiger charge is -2.19. The van der Waals surface area contributed by atoms with E-state index in [1.165, 1.54) is 0 Å². The Morgan fingerprint density at radius 2 is 1.75 bits per heavy atom. The van der Waals surface area contributed by atoms with Gasteiger partial charge >= 0.3 is 0 Å². The maximum absolute atomic E-state index is 11.7. The second-order valence-electron chi connectivity index (χ2n) is 4.60. The van der Waals surface area contributed by atoms with Gasteiger partial charge in [-0.25, -0.2) is 0 Å². The summed E-state index contributed by atoms with van der Waals surface area (Å²) >= 11 is 0. The molecule has 0 fully saturated rings. The summed E-state index contributed by atoms with van der Waals surface area (Å²) in [6.07, 6.45) is -0.0437. The summed E-state index contributed by atoms with van der Waals surface area (Å²) in [6, 6.07) is 9.76. The number of carbonyl (C=O) groups excluding carboxylic acids is 1. The number of hydrogen-bond acceptors (Lipinski definition) is 2. The lowest BCUT2D eigenvalue weighted by atomic mass is 9.89. The van der Waals surface area contributed by atoms with Crippen molar-refractivity contribution in [2.24, 2.45) is 11.8 Å². The van der Waals surface area contributed by atoms with Crippen LogP contribution in [0.2, 0.25) is 0 Å². The molecule has 0 saturated heterocycles. The Labute approximate surface area is 97.3 Å². The van der Waals surface area contributed by atoms with Crippen LogP contribution >= 0.6 is 0 Å². The molecule has 1 aromatic carbocycles. The van der Waals surface area contributed by atoms with Crippen LogP contribution in [0, 0.1) is 11.8 Å². The average molecular weight is 220 g/mol. The molecule has 0 spiro atoms. The Morgan fingerprint density at radius 3 is 2.25 bits per heavy atom. The molecule has 0 saturated carbocycles. The highest BCUT2D eigenvalue weighted by atomic mass is 16.3. The normalized spacial score (nSPS) is 14.8. The molecule has 2 nitrogen and oxygen atoms in total. The van der Waals surface area contributed by atoms with Crippen LogP contribution < -0.4 is 0 Å². The van der Waals surface area contributed by atoms with Crippen molar-refractivity contribution >= 4 is 5.78 Å². The van der Waals surface area contributed by atoms with E-state index in [1.54, 1.807) is 6.92 Å². The van der Waals surface area contributed by atoms with Gasteiger partial charge in [-0.05, 0) is 12.0 Å². The van der Waals surface area contributed by atoms with E-state index < -0.39 is 6.10 Å². The number of aliphatic hydroxyl groups excluding tert-OH is 1. The van der Waals surface area contributed by atoms with E-state index in [1.807, 2.05) is 44.2 Å². The molecule has 88 valence electrons. The topological polar surface area (TPSA) is 37.3 Å². The SMILES string of the molecule is CC(C)C(=O)[C@@H](C)[C@@H](O)Cc1ccccc1. The summed E-state index contributed by atoms with van der Waals surface area (Å²) in [7, 11) is 0. The van der Waals surface area contributed by atoms with Crippen LogP contribution in [0.15, 0.2) is 30.3 Å². The highest BCUT2D eigenvalue weighted by Crippen LogP contribution is 2.15. The Balaban J connectivity index is 2.59. The molecule has 1 aromatic rings. The van der Waals surface area contributed by atoms with Crippen LogP contribution in [0.5, 0.6) is 0 Å². The molecule has 0 aliphatic rings. The first-order chi connectivity index (χ1) is 7.52. The first-order valence-corrected chi connectivity index (χ1v) is 5.78. The van der Waals surface area contributed by atoms with Gasteiger partial charge in [-0.1, -0.05) is 51.1 Å². The van der Waals surface area contributed by atoms with Crippen LogP contribution in [0.1, 0.15) is 26.3 Å². The second-order valence-corrected chi connectivity index (χ2v) is 4.60. The van der Waals surface area contributed by atoms with E-state index in [9.17, 15) is 9.90 Å². The highest BCUT2D eigenvalue weighted by molar-refractivity contribution is 5.83. The zero-order chi connectivity index (χ0) is 12.1. The Bertz CT molecular complexity index is 330. The molecule has 0 aliphatic carbocycles. The second kappa shape index (κ2) is 5.80. The molecule has 1 N–H and O–H groups in total. The van der Waals surface area contributed by atoms with Crippen molar-refractivity contribution in [2.45, 2.75) is 33.3 Å². The van der Waals surface area contributed by atoms with Gasteiger partial charge < -0.3 is 5.11 Å². The molecule has 0 heterocycles. The minimum Gasteiger partial charge on any atom is -0.392 e. The van der Waals surface area contributed by atoms with Gasteiger partial charge in [-0.2, -0.15) is 0 Å². The molecule has 16 heavy (non-hydrogen) atoms. The number of Topliss-reactive ketones (excluding diaryl/α,β-unsaturated/α-hetero) is 1. The first kappa shape index (κ1) is 12.9. The number of aliphatic hydroxyl groups is 1. The van der Waals surface area contributed by atoms with Crippen LogP contribution in [0.25, 0.3) is 0 Å². The molecule has 0 radical (unpaired) electrons. The summed E-state index contributed by atoms with van der Waals surface area (Å²) in [5.74, 6) is -0.177. The van der Waals surface area contributed by atoms with Crippen LogP contribution in [0.3, 0.4) is 0 Å². The smallest absolute Gasteiger partial charge is 0.140 e. The Hall–Kier alpha value is -1.15. The van der Waals surface area contributed by atoms with Gasteiger partial charge in [0, 0.05) is 11.8 Å². The molecule has 0 amide bonds. The standard InChI is InChI=1S/C14H20O2/c1-10(2)14(16)11(3)13(15)9-12-7-5-4-6-8-12/h4-8,10-11,13,15H,9H2,1-3H3/t11-,13-/m0/s1. The third kappa shape index (κ3) is 3.46. The van der Waals surface area contributed by atoms with Gasteiger partial charge in [0.1, 0.15) is 5.78 Å². The van der Waals surface area contributed by atoms with E-state index in [0.717, 1.165) is 5.56 Å². The van der Waals surface area contributed by atoms with Crippen molar-refractivity contribution < 1.29 is 9.90 Å². The van der Waals surface area contributed by atoms with Gasteiger partial charge in [0.2, 0.25) is 0 Å². The van der Waals surface area contributed by atoms with Crippen molar-refractivity contribution in [1.82, 2.24) is 0 Å². The summed E-state index contributed by atoms with van der Waals surface area (Å²) in [4.78, 5) is 11.7. The molecular formula is C14H20O2. The van der Waals surface area contributed by atoms with Gasteiger partial charge in [-0.3, -0.25) is 4.79 Å². The number of hydrogen-bond donors (Lipinski definition) is 1. The molecule has 0 bridgehead atoms. The third-order valence-corrected chi connectivity index (χ3v) is 2.88. The molecule has 2 atom stereocenters. The number of benzene rings is 1. The third-order valence-electron chi connectivity index (χ3n) is 2.88. The lowest BCUT2D eigenvalue weighted by molar-refractivity contribution is -0.128. The van der Waals surface area contributed by atoms with Crippen LogP contribution in [-0.2, 0) is 11.2 Å². The summed E-state index contributed by atoms with van der Waals surface area (Å²) in [5.41, 5.74) is 1.07. The molecule has 2 heteroatoms. The van der Waals surface area contributed by atoms with E-state index >= 15 is 0 Å². The fourth-order valence-electron chi connectivity index (χ4n) is 1.75. The monoisotopic (exact) mass is 220 g/mol. The molecular weight excluding hydrogens is 200 g/mol. The van der Waals surface area contributed by atoms with Crippen molar-refractivity contribution in [3.63, 3.8) is 0 Å². The summed E-state index contributed by atoms with van der Waals surface area (Å²) in [6.45, 7) is 5.54. The summed E-state index contributed by atoms with van der Waals surface area (Å²) < 4.78 is 0. The largest absolute Gasteiger partial charge is 0.392 e. The van der Waals surface area contributed by atoms with E-state index in [-0.39, 0.29) is 17.6 Å². The number of ketones is 1. The minimum atomic E-state index is -0.586. The van der Waals surface area contributed by atoms with Gasteiger partial charge in [0.15, 0.2) is 0 Å². The fraction of sp³-hybridized carbons (Fsp3) is 0.500. The van der Waals surface area contributed by atoms with Gasteiger partial charge in [-0.15, -0.1) is 0 Å². The predicted octanol–water partition coefficient (Wildman–Crippen LogP) is 2.45. The Morgan fingerprint density at radius 1 is 1.19 bits per heavy atom. The van der Waals surface area contributed by atoms with Crippen molar-refractivity contribution in [3.05, 3.63) is 35.9 Å². The first-order valence-electron chi connectivity index (χ1n) is 5.78. The maximum Gasteiger partial charge on any atom is 0.140 e. The zero-order valence-electron chi connectivity index (χ0n) is 10.2. The molecule has 0 aliphatic heterocycles. The lowest BCUT2D eigenvalue weighted by Crippen LogP contribution is -2.30. The number of carbonyl (C=O) groups is 1. The van der Waals surface area contributed by atoms with Gasteiger partial charge in [0.25, 0.3) is 0 Å².